The lowest BCUT2D eigenvalue weighted by Gasteiger charge is -2.28. The minimum Gasteiger partial charge on any atom is -0.465 e. The third-order valence-electron chi connectivity index (χ3n) is 2.91. The van der Waals surface area contributed by atoms with Crippen molar-refractivity contribution >= 4 is 14.9 Å². The molecule has 0 aliphatic heterocycles. The average molecular weight is 307 g/mol. The van der Waals surface area contributed by atoms with E-state index in [1.807, 2.05) is 27.7 Å². The summed E-state index contributed by atoms with van der Waals surface area (Å²) >= 11 is 0. The topological polar surface area (TPSA) is 68.2 Å². The van der Waals surface area contributed by atoms with E-state index in [-0.39, 0.29) is 0 Å². The summed E-state index contributed by atoms with van der Waals surface area (Å²) in [5.41, 5.74) is 0. The van der Waals surface area contributed by atoms with Crippen molar-refractivity contribution in [1.82, 2.24) is 4.90 Å². The number of nitrogens with zero attached hydrogens (tertiary/aromatic N) is 1. The van der Waals surface area contributed by atoms with E-state index in [4.69, 9.17) is 18.4 Å². The fourth-order valence-electron chi connectivity index (χ4n) is 2.03. The molecule has 1 N–H and O–H groups in total. The number of carboxylic acid groups (broad SMARTS) is 1. The van der Waals surface area contributed by atoms with Crippen LogP contribution in [0.4, 0.5) is 4.79 Å². The lowest BCUT2D eigenvalue weighted by Crippen LogP contribution is -2.46. The Bertz CT molecular complexity index is 248. The fraction of sp³-hybridized carbons (Fsp3) is 0.923. The van der Waals surface area contributed by atoms with Crippen LogP contribution in [0.2, 0.25) is 6.04 Å². The van der Waals surface area contributed by atoms with Crippen molar-refractivity contribution in [3.05, 3.63) is 0 Å². The maximum absolute atomic E-state index is 10.9. The fourth-order valence-corrected chi connectivity index (χ4v) is 4.72. The van der Waals surface area contributed by atoms with E-state index in [0.717, 1.165) is 18.9 Å². The molecule has 0 bridgehead atoms. The second-order valence-corrected chi connectivity index (χ2v) is 7.03. The second kappa shape index (κ2) is 11.1. The van der Waals surface area contributed by atoms with Crippen molar-refractivity contribution in [3.63, 3.8) is 0 Å². The summed E-state index contributed by atoms with van der Waals surface area (Å²) in [6, 6.07) is 0.736. The average Bonchev–Trinajstić information content (AvgIpc) is 2.39. The molecule has 0 aromatic carbocycles. The second-order valence-electron chi connectivity index (χ2n) is 4.30. The highest BCUT2D eigenvalue weighted by molar-refractivity contribution is 6.60. The number of unbranched alkanes of at least 4 members (excludes halogenated alkanes) is 1. The molecule has 0 saturated carbocycles. The normalized spacial score (nSPS) is 11.6. The number of rotatable bonds is 12. The highest BCUT2D eigenvalue weighted by Gasteiger charge is 2.39. The van der Waals surface area contributed by atoms with E-state index in [0.29, 0.717) is 32.9 Å². The first kappa shape index (κ1) is 19.4. The van der Waals surface area contributed by atoms with Crippen LogP contribution < -0.4 is 0 Å². The molecule has 0 atom stereocenters. The van der Waals surface area contributed by atoms with Gasteiger partial charge in [-0.2, -0.15) is 0 Å². The summed E-state index contributed by atoms with van der Waals surface area (Å²) in [6.07, 6.45) is 0.772. The lowest BCUT2D eigenvalue weighted by molar-refractivity contribution is 0.0705. The molecule has 20 heavy (non-hydrogen) atoms. The van der Waals surface area contributed by atoms with Gasteiger partial charge in [0.25, 0.3) is 0 Å². The maximum Gasteiger partial charge on any atom is 0.500 e. The number of hydrogen-bond acceptors (Lipinski definition) is 4. The Morgan fingerprint density at radius 3 is 1.85 bits per heavy atom. The standard InChI is InChI=1S/C13H29NO5Si/c1-5-14(13(15)16)11-9-10-12-20(17-6-2,18-7-3)19-8-4/h5-12H2,1-4H3,(H,15,16). The van der Waals surface area contributed by atoms with E-state index in [9.17, 15) is 4.79 Å². The van der Waals surface area contributed by atoms with Crippen LogP contribution in [0.25, 0.3) is 0 Å². The van der Waals surface area contributed by atoms with Crippen molar-refractivity contribution in [3.8, 4) is 0 Å². The van der Waals surface area contributed by atoms with Gasteiger partial charge in [-0.1, -0.05) is 0 Å². The highest BCUT2D eigenvalue weighted by Crippen LogP contribution is 2.19. The predicted molar refractivity (Wildman–Crippen MR) is 79.9 cm³/mol. The Morgan fingerprint density at radius 2 is 1.50 bits per heavy atom. The molecule has 0 unspecified atom stereocenters. The largest absolute Gasteiger partial charge is 0.500 e. The van der Waals surface area contributed by atoms with Gasteiger partial charge in [0.1, 0.15) is 0 Å². The monoisotopic (exact) mass is 307 g/mol. The van der Waals surface area contributed by atoms with Crippen LogP contribution in [0, 0.1) is 0 Å². The third-order valence-corrected chi connectivity index (χ3v) is 6.06. The van der Waals surface area contributed by atoms with Gasteiger partial charge < -0.3 is 23.3 Å². The number of carbonyl (C=O) groups is 1. The van der Waals surface area contributed by atoms with Gasteiger partial charge >= 0.3 is 14.9 Å². The minimum atomic E-state index is -2.57. The Labute approximate surface area is 123 Å². The highest BCUT2D eigenvalue weighted by atomic mass is 28.4. The summed E-state index contributed by atoms with van der Waals surface area (Å²) in [5, 5.41) is 8.95. The van der Waals surface area contributed by atoms with Gasteiger partial charge in [-0.3, -0.25) is 0 Å². The molecule has 0 aliphatic rings. The smallest absolute Gasteiger partial charge is 0.465 e. The van der Waals surface area contributed by atoms with Gasteiger partial charge in [-0.15, -0.1) is 0 Å². The van der Waals surface area contributed by atoms with E-state index in [1.54, 1.807) is 0 Å². The van der Waals surface area contributed by atoms with Crippen molar-refractivity contribution in [2.45, 2.75) is 46.6 Å². The van der Waals surface area contributed by atoms with Crippen LogP contribution in [0.3, 0.4) is 0 Å². The van der Waals surface area contributed by atoms with E-state index in [2.05, 4.69) is 0 Å². The van der Waals surface area contributed by atoms with Crippen LogP contribution in [0.5, 0.6) is 0 Å². The predicted octanol–water partition coefficient (Wildman–Crippen LogP) is 2.81. The lowest BCUT2D eigenvalue weighted by atomic mass is 10.3. The van der Waals surface area contributed by atoms with Crippen molar-refractivity contribution in [2.75, 3.05) is 32.9 Å². The molecular formula is C13H29NO5Si. The van der Waals surface area contributed by atoms with Gasteiger partial charge in [0.15, 0.2) is 0 Å². The van der Waals surface area contributed by atoms with Crippen LogP contribution in [-0.2, 0) is 13.3 Å². The first-order valence-electron chi connectivity index (χ1n) is 7.44. The molecule has 0 spiro atoms. The minimum absolute atomic E-state index is 0.514. The van der Waals surface area contributed by atoms with Gasteiger partial charge in [-0.25, -0.2) is 4.79 Å². The first-order valence-corrected chi connectivity index (χ1v) is 9.38. The molecule has 120 valence electrons. The third kappa shape index (κ3) is 7.23. The summed E-state index contributed by atoms with van der Waals surface area (Å²) in [6.45, 7) is 10.4. The first-order chi connectivity index (χ1) is 9.55. The Kier molecular flexibility index (Phi) is 10.7. The summed E-state index contributed by atoms with van der Waals surface area (Å²) in [7, 11) is -2.57. The molecule has 0 fully saturated rings. The molecule has 0 saturated heterocycles. The molecule has 7 heteroatoms. The molecule has 0 aromatic rings. The summed E-state index contributed by atoms with van der Waals surface area (Å²) < 4.78 is 17.3. The zero-order chi connectivity index (χ0) is 15.4. The molecule has 1 amide bonds. The van der Waals surface area contributed by atoms with Gasteiger partial charge in [-0.05, 0) is 40.5 Å². The maximum atomic E-state index is 10.9. The van der Waals surface area contributed by atoms with Crippen LogP contribution in [-0.4, -0.2) is 57.8 Å². The number of amides is 1. The van der Waals surface area contributed by atoms with E-state index < -0.39 is 14.9 Å². The Morgan fingerprint density at radius 1 is 1.00 bits per heavy atom. The van der Waals surface area contributed by atoms with Crippen molar-refractivity contribution < 1.29 is 23.2 Å². The molecule has 0 aliphatic carbocycles. The van der Waals surface area contributed by atoms with Crippen molar-refractivity contribution in [1.29, 1.82) is 0 Å². The van der Waals surface area contributed by atoms with Gasteiger partial charge in [0.05, 0.1) is 0 Å². The van der Waals surface area contributed by atoms with Gasteiger partial charge in [0.2, 0.25) is 0 Å². The molecule has 0 radical (unpaired) electrons. The molecule has 0 rings (SSSR count). The number of hydrogen-bond donors (Lipinski definition) is 1. The summed E-state index contributed by atoms with van der Waals surface area (Å²) in [4.78, 5) is 12.3. The van der Waals surface area contributed by atoms with Gasteiger partial charge in [0, 0.05) is 39.0 Å². The van der Waals surface area contributed by atoms with Crippen LogP contribution >= 0.6 is 0 Å². The molecule has 0 aromatic heterocycles. The van der Waals surface area contributed by atoms with E-state index >= 15 is 0 Å². The zero-order valence-corrected chi connectivity index (χ0v) is 14.2. The Hall–Kier alpha value is -0.633. The zero-order valence-electron chi connectivity index (χ0n) is 13.2. The van der Waals surface area contributed by atoms with Crippen LogP contribution in [0.1, 0.15) is 40.5 Å². The molecule has 6 nitrogen and oxygen atoms in total. The quantitative estimate of drug-likeness (QED) is 0.443. The van der Waals surface area contributed by atoms with Crippen LogP contribution in [0.15, 0.2) is 0 Å². The summed E-state index contributed by atoms with van der Waals surface area (Å²) in [5.74, 6) is 0. The van der Waals surface area contributed by atoms with Crippen molar-refractivity contribution in [2.24, 2.45) is 0 Å². The SMILES string of the molecule is CCO[Si](CCCCN(CC)C(=O)O)(OCC)OCC. The Balaban J connectivity index is 4.27. The molecule has 0 heterocycles. The van der Waals surface area contributed by atoms with E-state index in [1.165, 1.54) is 4.90 Å². The molecular weight excluding hydrogens is 278 g/mol.